The predicted octanol–water partition coefficient (Wildman–Crippen LogP) is 3.98. The summed E-state index contributed by atoms with van der Waals surface area (Å²) in [5.41, 5.74) is -0.00749. The summed E-state index contributed by atoms with van der Waals surface area (Å²) in [6, 6.07) is 3.00. The molecule has 0 heterocycles. The standard InChI is InChI=1S/C13H15Br2NO4S/c14-8-6-10(13(17)18)12(11(15)7-8)16-21(19,20)9-4-2-1-3-5-9/h6-7,9,16H,1-5H2,(H,17,18). The van der Waals surface area contributed by atoms with E-state index in [-0.39, 0.29) is 11.3 Å². The van der Waals surface area contributed by atoms with Crippen LogP contribution in [0.15, 0.2) is 21.1 Å². The molecule has 5 nitrogen and oxygen atoms in total. The van der Waals surface area contributed by atoms with Crippen molar-refractivity contribution in [1.29, 1.82) is 0 Å². The number of aromatic carboxylic acids is 1. The first-order valence-corrected chi connectivity index (χ1v) is 9.68. The maximum absolute atomic E-state index is 12.4. The van der Waals surface area contributed by atoms with Crippen LogP contribution < -0.4 is 4.72 Å². The molecule has 1 aromatic rings. The van der Waals surface area contributed by atoms with Gasteiger partial charge in [0.05, 0.1) is 16.5 Å². The van der Waals surface area contributed by atoms with Crippen molar-refractivity contribution < 1.29 is 18.3 Å². The molecule has 1 aliphatic rings. The molecule has 0 unspecified atom stereocenters. The van der Waals surface area contributed by atoms with Crippen molar-refractivity contribution in [1.82, 2.24) is 0 Å². The zero-order valence-corrected chi connectivity index (χ0v) is 15.1. The lowest BCUT2D eigenvalue weighted by Crippen LogP contribution is -2.30. The van der Waals surface area contributed by atoms with E-state index in [0.29, 0.717) is 21.8 Å². The summed E-state index contributed by atoms with van der Waals surface area (Å²) >= 11 is 6.42. The molecule has 0 saturated heterocycles. The molecule has 2 rings (SSSR count). The van der Waals surface area contributed by atoms with Crippen LogP contribution in [0.25, 0.3) is 0 Å². The number of nitrogens with one attached hydrogen (secondary N) is 1. The van der Waals surface area contributed by atoms with E-state index in [1.807, 2.05) is 0 Å². The van der Waals surface area contributed by atoms with E-state index < -0.39 is 21.2 Å². The fourth-order valence-corrected chi connectivity index (χ4v) is 5.53. The van der Waals surface area contributed by atoms with Gasteiger partial charge in [-0.05, 0) is 40.9 Å². The summed E-state index contributed by atoms with van der Waals surface area (Å²) in [5.74, 6) is -1.18. The monoisotopic (exact) mass is 439 g/mol. The number of rotatable bonds is 4. The number of halogens is 2. The summed E-state index contributed by atoms with van der Waals surface area (Å²) < 4.78 is 28.3. The van der Waals surface area contributed by atoms with Crippen LogP contribution >= 0.6 is 31.9 Å². The maximum Gasteiger partial charge on any atom is 0.337 e. The molecule has 8 heteroatoms. The third kappa shape index (κ3) is 3.98. The normalized spacial score (nSPS) is 16.7. The minimum atomic E-state index is -3.59. The molecule has 2 N–H and O–H groups in total. The number of sulfonamides is 1. The van der Waals surface area contributed by atoms with E-state index in [1.54, 1.807) is 6.07 Å². The Morgan fingerprint density at radius 1 is 1.19 bits per heavy atom. The van der Waals surface area contributed by atoms with Crippen molar-refractivity contribution in [3.05, 3.63) is 26.6 Å². The molecule has 0 aliphatic heterocycles. The minimum absolute atomic E-state index is 0.0799. The molecule has 1 saturated carbocycles. The summed E-state index contributed by atoms with van der Waals surface area (Å²) in [6.07, 6.45) is 4.06. The van der Waals surface area contributed by atoms with Gasteiger partial charge in [-0.1, -0.05) is 35.2 Å². The molecule has 1 aromatic carbocycles. The lowest BCUT2D eigenvalue weighted by molar-refractivity contribution is 0.0698. The van der Waals surface area contributed by atoms with Crippen LogP contribution in [0.1, 0.15) is 42.5 Å². The van der Waals surface area contributed by atoms with Crippen LogP contribution in [0.2, 0.25) is 0 Å². The molecule has 1 aliphatic carbocycles. The van der Waals surface area contributed by atoms with Crippen LogP contribution in [0, 0.1) is 0 Å². The average Bonchev–Trinajstić information content (AvgIpc) is 2.42. The maximum atomic E-state index is 12.4. The first kappa shape index (κ1) is 16.8. The zero-order valence-electron chi connectivity index (χ0n) is 11.1. The molecule has 116 valence electrons. The Morgan fingerprint density at radius 2 is 1.81 bits per heavy atom. The first-order chi connectivity index (χ1) is 9.81. The van der Waals surface area contributed by atoms with E-state index in [9.17, 15) is 18.3 Å². The summed E-state index contributed by atoms with van der Waals surface area (Å²) in [5, 5.41) is 8.79. The number of hydrogen-bond donors (Lipinski definition) is 2. The molecular formula is C13H15Br2NO4S. The highest BCUT2D eigenvalue weighted by Gasteiger charge is 2.29. The molecule has 0 aromatic heterocycles. The number of benzene rings is 1. The van der Waals surface area contributed by atoms with Crippen molar-refractivity contribution in [2.24, 2.45) is 0 Å². The lowest BCUT2D eigenvalue weighted by atomic mass is 10.0. The van der Waals surface area contributed by atoms with Crippen LogP contribution in [-0.2, 0) is 10.0 Å². The van der Waals surface area contributed by atoms with Gasteiger partial charge in [-0.3, -0.25) is 4.72 Å². The van der Waals surface area contributed by atoms with E-state index in [4.69, 9.17) is 0 Å². The molecular weight excluding hydrogens is 426 g/mol. The SMILES string of the molecule is O=C(O)c1cc(Br)cc(Br)c1NS(=O)(=O)C1CCCCC1. The van der Waals surface area contributed by atoms with Gasteiger partial charge in [-0.15, -0.1) is 0 Å². The van der Waals surface area contributed by atoms with E-state index in [2.05, 4.69) is 36.6 Å². The van der Waals surface area contributed by atoms with Gasteiger partial charge in [-0.2, -0.15) is 0 Å². The van der Waals surface area contributed by atoms with Gasteiger partial charge in [-0.25, -0.2) is 13.2 Å². The van der Waals surface area contributed by atoms with Gasteiger partial charge >= 0.3 is 5.97 Å². The number of carboxylic acids is 1. The van der Waals surface area contributed by atoms with Crippen molar-refractivity contribution in [2.75, 3.05) is 4.72 Å². The number of hydrogen-bond acceptors (Lipinski definition) is 3. The van der Waals surface area contributed by atoms with Crippen LogP contribution in [0.3, 0.4) is 0 Å². The van der Waals surface area contributed by atoms with E-state index >= 15 is 0 Å². The Balaban J connectivity index is 2.36. The third-order valence-corrected chi connectivity index (χ3v) is 6.44. The van der Waals surface area contributed by atoms with Gasteiger partial charge in [0.15, 0.2) is 0 Å². The molecule has 0 spiro atoms. The molecule has 0 amide bonds. The van der Waals surface area contributed by atoms with Crippen molar-refractivity contribution in [3.63, 3.8) is 0 Å². The number of carboxylic acid groups (broad SMARTS) is 1. The summed E-state index contributed by atoms with van der Waals surface area (Å²) in [6.45, 7) is 0. The topological polar surface area (TPSA) is 83.5 Å². The van der Waals surface area contributed by atoms with E-state index in [1.165, 1.54) is 6.07 Å². The van der Waals surface area contributed by atoms with Gasteiger partial charge in [0, 0.05) is 8.95 Å². The van der Waals surface area contributed by atoms with E-state index in [0.717, 1.165) is 19.3 Å². The zero-order chi connectivity index (χ0) is 15.6. The third-order valence-electron chi connectivity index (χ3n) is 3.52. The Morgan fingerprint density at radius 3 is 2.38 bits per heavy atom. The predicted molar refractivity (Wildman–Crippen MR) is 88.2 cm³/mol. The highest BCUT2D eigenvalue weighted by Crippen LogP contribution is 2.33. The molecule has 0 radical (unpaired) electrons. The molecule has 0 bridgehead atoms. The minimum Gasteiger partial charge on any atom is -0.478 e. The molecule has 21 heavy (non-hydrogen) atoms. The first-order valence-electron chi connectivity index (χ1n) is 6.55. The quantitative estimate of drug-likeness (QED) is 0.741. The van der Waals surface area contributed by atoms with Crippen molar-refractivity contribution >= 4 is 53.5 Å². The van der Waals surface area contributed by atoms with Gasteiger partial charge in [0.2, 0.25) is 10.0 Å². The second kappa shape index (κ2) is 6.66. The average molecular weight is 441 g/mol. The largest absolute Gasteiger partial charge is 0.478 e. The Labute approximate surface area is 140 Å². The Kier molecular flexibility index (Phi) is 5.32. The summed E-state index contributed by atoms with van der Waals surface area (Å²) in [7, 11) is -3.59. The Hall–Kier alpha value is -0.600. The molecule has 1 fully saturated rings. The number of carbonyl (C=O) groups is 1. The smallest absolute Gasteiger partial charge is 0.337 e. The van der Waals surface area contributed by atoms with Gasteiger partial charge in [0.1, 0.15) is 0 Å². The van der Waals surface area contributed by atoms with Gasteiger partial charge < -0.3 is 5.11 Å². The van der Waals surface area contributed by atoms with Gasteiger partial charge in [0.25, 0.3) is 0 Å². The van der Waals surface area contributed by atoms with Crippen LogP contribution in [-0.4, -0.2) is 24.7 Å². The summed E-state index contributed by atoms with van der Waals surface area (Å²) in [4.78, 5) is 11.3. The second-order valence-electron chi connectivity index (χ2n) is 5.02. The highest BCUT2D eigenvalue weighted by atomic mass is 79.9. The fourth-order valence-electron chi connectivity index (χ4n) is 2.45. The van der Waals surface area contributed by atoms with Crippen LogP contribution in [0.5, 0.6) is 0 Å². The van der Waals surface area contributed by atoms with Crippen molar-refractivity contribution in [2.45, 2.75) is 37.4 Å². The second-order valence-corrected chi connectivity index (χ2v) is 8.75. The molecule has 0 atom stereocenters. The fraction of sp³-hybridized carbons (Fsp3) is 0.462. The lowest BCUT2D eigenvalue weighted by Gasteiger charge is -2.23. The van der Waals surface area contributed by atoms with Crippen LogP contribution in [0.4, 0.5) is 5.69 Å². The highest BCUT2D eigenvalue weighted by molar-refractivity contribution is 9.11. The Bertz CT molecular complexity index is 654. The number of anilines is 1. The van der Waals surface area contributed by atoms with Crippen molar-refractivity contribution in [3.8, 4) is 0 Å².